The maximum atomic E-state index is 10.8. The number of nitro groups is 1. The van der Waals surface area contributed by atoms with Crippen molar-refractivity contribution in [3.05, 3.63) is 52.2 Å². The van der Waals surface area contributed by atoms with E-state index in [1.165, 1.54) is 0 Å². The Morgan fingerprint density at radius 1 is 1.36 bits per heavy atom. The van der Waals surface area contributed by atoms with Crippen molar-refractivity contribution < 1.29 is 9.66 Å². The number of ether oxygens (including phenoxy) is 1. The summed E-state index contributed by atoms with van der Waals surface area (Å²) in [5.74, 6) is 0.244. The summed E-state index contributed by atoms with van der Waals surface area (Å²) >= 11 is 0. The van der Waals surface area contributed by atoms with Gasteiger partial charge in [-0.15, -0.1) is 0 Å². The van der Waals surface area contributed by atoms with E-state index in [0.29, 0.717) is 25.7 Å². The normalized spacial score (nSPS) is 18.2. The van der Waals surface area contributed by atoms with E-state index in [4.69, 9.17) is 10.5 Å². The van der Waals surface area contributed by atoms with E-state index in [1.807, 2.05) is 35.2 Å². The zero-order chi connectivity index (χ0) is 15.5. The maximum absolute atomic E-state index is 10.8. The van der Waals surface area contributed by atoms with E-state index in [9.17, 15) is 10.1 Å². The number of benzene rings is 1. The molecule has 1 aliphatic rings. The molecule has 0 bridgehead atoms. The average molecular weight is 301 g/mol. The highest BCUT2D eigenvalue weighted by Gasteiger charge is 2.28. The minimum absolute atomic E-state index is 0.0455. The lowest BCUT2D eigenvalue weighted by atomic mass is 10.1. The molecule has 2 N–H and O–H groups in total. The number of aromatic nitrogens is 2. The van der Waals surface area contributed by atoms with Crippen molar-refractivity contribution >= 4 is 17.5 Å². The number of nitrogens with two attached hydrogens (primary N) is 1. The first kappa shape index (κ1) is 14.2. The molecule has 1 atom stereocenters. The molecule has 1 aromatic carbocycles. The fourth-order valence-corrected chi connectivity index (χ4v) is 2.45. The quantitative estimate of drug-likeness (QED) is 0.676. The Kier molecular flexibility index (Phi) is 3.84. The van der Waals surface area contributed by atoms with Crippen LogP contribution in [0.4, 0.5) is 17.5 Å². The van der Waals surface area contributed by atoms with Gasteiger partial charge in [0, 0.05) is 6.54 Å². The summed E-state index contributed by atoms with van der Waals surface area (Å²) in [7, 11) is 0. The minimum atomic E-state index is -0.590. The van der Waals surface area contributed by atoms with Gasteiger partial charge in [-0.3, -0.25) is 10.1 Å². The van der Waals surface area contributed by atoms with E-state index in [-0.39, 0.29) is 17.5 Å². The molecular weight excluding hydrogens is 286 g/mol. The van der Waals surface area contributed by atoms with Crippen molar-refractivity contribution in [2.24, 2.45) is 0 Å². The van der Waals surface area contributed by atoms with Crippen LogP contribution in [-0.2, 0) is 4.74 Å². The smallest absolute Gasteiger partial charge is 0.329 e. The van der Waals surface area contributed by atoms with Crippen LogP contribution in [0.2, 0.25) is 0 Å². The number of hydrogen-bond donors (Lipinski definition) is 1. The Hall–Kier alpha value is -2.74. The Morgan fingerprint density at radius 3 is 2.82 bits per heavy atom. The Balaban J connectivity index is 1.94. The molecule has 0 saturated carbocycles. The molecule has 0 amide bonds. The summed E-state index contributed by atoms with van der Waals surface area (Å²) in [4.78, 5) is 20.4. The molecule has 0 radical (unpaired) electrons. The van der Waals surface area contributed by atoms with E-state index in [2.05, 4.69) is 9.97 Å². The molecule has 2 heterocycles. The monoisotopic (exact) mass is 301 g/mol. The van der Waals surface area contributed by atoms with E-state index in [0.717, 1.165) is 11.8 Å². The lowest BCUT2D eigenvalue weighted by Crippen LogP contribution is -2.40. The number of nitrogen functional groups attached to an aromatic ring is 1. The molecule has 114 valence electrons. The SMILES string of the molecule is Nc1nc(N2CCOC[C@@H]2c2ccccc2)ncc1[N+](=O)[O-]. The highest BCUT2D eigenvalue weighted by Crippen LogP contribution is 2.29. The zero-order valence-corrected chi connectivity index (χ0v) is 11.8. The molecule has 3 rings (SSSR count). The average Bonchev–Trinajstić information content (AvgIpc) is 2.55. The standard InChI is InChI=1S/C14H15N5O3/c15-13-11(19(20)21)8-16-14(17-13)18-6-7-22-9-12(18)10-4-2-1-3-5-10/h1-5,8,12H,6-7,9H2,(H2,15,16,17)/t12-/m1/s1. The first-order valence-corrected chi connectivity index (χ1v) is 6.83. The topological polar surface area (TPSA) is 107 Å². The third kappa shape index (κ3) is 2.68. The third-order valence-electron chi connectivity index (χ3n) is 3.55. The van der Waals surface area contributed by atoms with Crippen LogP contribution in [0.1, 0.15) is 11.6 Å². The lowest BCUT2D eigenvalue weighted by molar-refractivity contribution is -0.384. The summed E-state index contributed by atoms with van der Waals surface area (Å²) in [6.07, 6.45) is 1.15. The summed E-state index contributed by atoms with van der Waals surface area (Å²) < 4.78 is 5.54. The second-order valence-electron chi connectivity index (χ2n) is 4.89. The zero-order valence-electron chi connectivity index (χ0n) is 11.8. The van der Waals surface area contributed by atoms with Crippen LogP contribution in [0.5, 0.6) is 0 Å². The van der Waals surface area contributed by atoms with Crippen molar-refractivity contribution in [3.63, 3.8) is 0 Å². The van der Waals surface area contributed by atoms with Crippen molar-refractivity contribution in [1.29, 1.82) is 0 Å². The lowest BCUT2D eigenvalue weighted by Gasteiger charge is -2.35. The molecule has 0 aliphatic carbocycles. The summed E-state index contributed by atoms with van der Waals surface area (Å²) in [5.41, 5.74) is 6.45. The third-order valence-corrected chi connectivity index (χ3v) is 3.55. The molecule has 1 fully saturated rings. The predicted molar refractivity (Wildman–Crippen MR) is 80.4 cm³/mol. The van der Waals surface area contributed by atoms with Gasteiger partial charge in [0.2, 0.25) is 11.8 Å². The first-order chi connectivity index (χ1) is 10.7. The molecule has 1 aliphatic heterocycles. The first-order valence-electron chi connectivity index (χ1n) is 6.83. The van der Waals surface area contributed by atoms with Crippen molar-refractivity contribution in [3.8, 4) is 0 Å². The molecule has 0 unspecified atom stereocenters. The summed E-state index contributed by atoms with van der Waals surface area (Å²) in [6, 6.07) is 9.80. The highest BCUT2D eigenvalue weighted by atomic mass is 16.6. The van der Waals surface area contributed by atoms with Gasteiger partial charge in [0.25, 0.3) is 0 Å². The molecule has 1 aromatic heterocycles. The van der Waals surface area contributed by atoms with E-state index < -0.39 is 4.92 Å². The van der Waals surface area contributed by atoms with Crippen LogP contribution < -0.4 is 10.6 Å². The van der Waals surface area contributed by atoms with Crippen LogP contribution >= 0.6 is 0 Å². The number of nitrogens with zero attached hydrogens (tertiary/aromatic N) is 4. The Morgan fingerprint density at radius 2 is 2.14 bits per heavy atom. The van der Waals surface area contributed by atoms with Gasteiger partial charge in [0.05, 0.1) is 24.2 Å². The van der Waals surface area contributed by atoms with Gasteiger partial charge in [-0.25, -0.2) is 4.98 Å². The second-order valence-corrected chi connectivity index (χ2v) is 4.89. The molecule has 8 nitrogen and oxygen atoms in total. The minimum Gasteiger partial charge on any atom is -0.378 e. The largest absolute Gasteiger partial charge is 0.378 e. The van der Waals surface area contributed by atoms with Crippen LogP contribution in [0, 0.1) is 10.1 Å². The molecule has 1 saturated heterocycles. The van der Waals surface area contributed by atoms with E-state index in [1.54, 1.807) is 0 Å². The number of morpholine rings is 1. The van der Waals surface area contributed by atoms with E-state index >= 15 is 0 Å². The Labute approximate surface area is 126 Å². The molecule has 2 aromatic rings. The van der Waals surface area contributed by atoms with Gasteiger partial charge in [0.15, 0.2) is 0 Å². The van der Waals surface area contributed by atoms with Crippen molar-refractivity contribution in [2.75, 3.05) is 30.4 Å². The summed E-state index contributed by atoms with van der Waals surface area (Å²) in [5, 5.41) is 10.8. The highest BCUT2D eigenvalue weighted by molar-refractivity contribution is 5.54. The van der Waals surface area contributed by atoms with Gasteiger partial charge >= 0.3 is 5.69 Å². The van der Waals surface area contributed by atoms with Gasteiger partial charge in [-0.2, -0.15) is 4.98 Å². The van der Waals surface area contributed by atoms with Crippen LogP contribution in [0.15, 0.2) is 36.5 Å². The van der Waals surface area contributed by atoms with Gasteiger partial charge in [-0.05, 0) is 5.56 Å². The van der Waals surface area contributed by atoms with Gasteiger partial charge in [0.1, 0.15) is 6.20 Å². The van der Waals surface area contributed by atoms with Crippen molar-refractivity contribution in [2.45, 2.75) is 6.04 Å². The van der Waals surface area contributed by atoms with Crippen LogP contribution in [0.25, 0.3) is 0 Å². The number of rotatable bonds is 3. The van der Waals surface area contributed by atoms with Crippen LogP contribution in [0.3, 0.4) is 0 Å². The maximum Gasteiger partial charge on any atom is 0.329 e. The van der Waals surface area contributed by atoms with Gasteiger partial charge < -0.3 is 15.4 Å². The van der Waals surface area contributed by atoms with Crippen molar-refractivity contribution in [1.82, 2.24) is 9.97 Å². The fraction of sp³-hybridized carbons (Fsp3) is 0.286. The Bertz CT molecular complexity index is 679. The molecule has 8 heteroatoms. The number of anilines is 2. The second kappa shape index (κ2) is 5.94. The number of hydrogen-bond acceptors (Lipinski definition) is 7. The molecule has 22 heavy (non-hydrogen) atoms. The predicted octanol–water partition coefficient (Wildman–Crippen LogP) is 1.54. The summed E-state index contributed by atoms with van der Waals surface area (Å²) in [6.45, 7) is 1.64. The molecule has 0 spiro atoms. The molecular formula is C14H15N5O3. The van der Waals surface area contributed by atoms with Gasteiger partial charge in [-0.1, -0.05) is 30.3 Å². The van der Waals surface area contributed by atoms with Crippen LogP contribution in [-0.4, -0.2) is 34.6 Å². The fourth-order valence-electron chi connectivity index (χ4n) is 2.45.